The van der Waals surface area contributed by atoms with Gasteiger partial charge in [0.15, 0.2) is 5.82 Å². The Morgan fingerprint density at radius 3 is 3.00 bits per heavy atom. The van der Waals surface area contributed by atoms with Gasteiger partial charge in [0.1, 0.15) is 11.5 Å². The summed E-state index contributed by atoms with van der Waals surface area (Å²) in [4.78, 5) is 18.4. The number of nitrogens with zero attached hydrogens (tertiary/aromatic N) is 4. The summed E-state index contributed by atoms with van der Waals surface area (Å²) >= 11 is 5.84. The number of carboxylic acid groups (broad SMARTS) is 1. The molecule has 0 spiro atoms. The second-order valence-electron chi connectivity index (χ2n) is 3.42. The number of hydrogen-bond donors (Lipinski definition) is 1. The number of hydrogen-bond acceptors (Lipinski definition) is 5. The van der Waals surface area contributed by atoms with Crippen molar-refractivity contribution < 1.29 is 14.6 Å². The SMILES string of the molecule is COc1cc(-c2ncn(/C=C\C(=O)O)n2)cc(Cl)n1. The molecule has 0 saturated carbocycles. The second-order valence-corrected chi connectivity index (χ2v) is 3.81. The maximum absolute atomic E-state index is 10.4. The number of methoxy groups -OCH3 is 1. The van der Waals surface area contributed by atoms with E-state index in [4.69, 9.17) is 21.4 Å². The van der Waals surface area contributed by atoms with Crippen LogP contribution in [0, 0.1) is 0 Å². The van der Waals surface area contributed by atoms with Gasteiger partial charge in [0.05, 0.1) is 7.11 Å². The molecular weight excluding hydrogens is 272 g/mol. The molecule has 0 radical (unpaired) electrons. The van der Waals surface area contributed by atoms with Gasteiger partial charge < -0.3 is 9.84 Å². The first kappa shape index (κ1) is 13.0. The van der Waals surface area contributed by atoms with Gasteiger partial charge in [0.2, 0.25) is 5.88 Å². The smallest absolute Gasteiger partial charge is 0.329 e. The first-order valence-electron chi connectivity index (χ1n) is 5.12. The highest BCUT2D eigenvalue weighted by molar-refractivity contribution is 6.29. The fraction of sp³-hybridized carbons (Fsp3) is 0.0909. The quantitative estimate of drug-likeness (QED) is 0.675. The van der Waals surface area contributed by atoms with Gasteiger partial charge in [-0.25, -0.2) is 19.4 Å². The van der Waals surface area contributed by atoms with Gasteiger partial charge in [-0.3, -0.25) is 0 Å². The topological polar surface area (TPSA) is 90.1 Å². The molecule has 8 heteroatoms. The predicted molar refractivity (Wildman–Crippen MR) is 67.8 cm³/mol. The van der Waals surface area contributed by atoms with Gasteiger partial charge in [-0.15, -0.1) is 5.10 Å². The van der Waals surface area contributed by atoms with Gasteiger partial charge in [0, 0.05) is 23.9 Å². The van der Waals surface area contributed by atoms with Gasteiger partial charge in [-0.05, 0) is 6.07 Å². The molecule has 2 aromatic rings. The number of aliphatic carboxylic acids is 1. The standard InChI is InChI=1S/C11H9ClN4O3/c1-19-9-5-7(4-8(12)14-9)11-13-6-16(15-11)3-2-10(17)18/h2-6H,1H3,(H,17,18)/b3-2-. The van der Waals surface area contributed by atoms with Crippen LogP contribution in [0.3, 0.4) is 0 Å². The maximum atomic E-state index is 10.4. The first-order valence-corrected chi connectivity index (χ1v) is 5.50. The Hall–Kier alpha value is -2.41. The minimum Gasteiger partial charge on any atom is -0.481 e. The summed E-state index contributed by atoms with van der Waals surface area (Å²) in [7, 11) is 1.48. The molecule has 2 heterocycles. The number of pyridine rings is 1. The highest BCUT2D eigenvalue weighted by atomic mass is 35.5. The van der Waals surface area contributed by atoms with Crippen LogP contribution in [0.5, 0.6) is 5.88 Å². The lowest BCUT2D eigenvalue weighted by atomic mass is 10.2. The van der Waals surface area contributed by atoms with E-state index in [1.54, 1.807) is 12.1 Å². The van der Waals surface area contributed by atoms with Crippen molar-refractivity contribution in [2.45, 2.75) is 0 Å². The lowest BCUT2D eigenvalue weighted by molar-refractivity contribution is -0.131. The molecule has 1 N–H and O–H groups in total. The highest BCUT2D eigenvalue weighted by Gasteiger charge is 2.08. The van der Waals surface area contributed by atoms with Crippen molar-refractivity contribution in [3.8, 4) is 17.3 Å². The zero-order valence-corrected chi connectivity index (χ0v) is 10.6. The van der Waals surface area contributed by atoms with Gasteiger partial charge in [0.25, 0.3) is 0 Å². The number of carbonyl (C=O) groups is 1. The Bertz CT molecular complexity index is 639. The van der Waals surface area contributed by atoms with E-state index in [2.05, 4.69) is 15.1 Å². The van der Waals surface area contributed by atoms with Crippen LogP contribution in [0.25, 0.3) is 17.6 Å². The Morgan fingerprint density at radius 1 is 1.53 bits per heavy atom. The van der Waals surface area contributed by atoms with E-state index >= 15 is 0 Å². The largest absolute Gasteiger partial charge is 0.481 e. The molecule has 7 nitrogen and oxygen atoms in total. The number of rotatable bonds is 4. The number of carboxylic acids is 1. The fourth-order valence-electron chi connectivity index (χ4n) is 1.33. The Balaban J connectivity index is 2.32. The van der Waals surface area contributed by atoms with Crippen molar-refractivity contribution in [3.05, 3.63) is 29.7 Å². The molecule has 0 aliphatic heterocycles. The Labute approximate surface area is 113 Å². The lowest BCUT2D eigenvalue weighted by Gasteiger charge is -2.01. The Kier molecular flexibility index (Phi) is 3.76. The number of halogens is 1. The molecule has 0 aliphatic carbocycles. The van der Waals surface area contributed by atoms with Crippen molar-refractivity contribution in [3.63, 3.8) is 0 Å². The van der Waals surface area contributed by atoms with Crippen LogP contribution in [0.4, 0.5) is 0 Å². The molecule has 2 aromatic heterocycles. The third kappa shape index (κ3) is 3.29. The summed E-state index contributed by atoms with van der Waals surface area (Å²) in [5.74, 6) is -0.330. The molecule has 19 heavy (non-hydrogen) atoms. The van der Waals surface area contributed by atoms with E-state index in [9.17, 15) is 4.79 Å². The molecule has 0 fully saturated rings. The second kappa shape index (κ2) is 5.49. The van der Waals surface area contributed by atoms with Crippen LogP contribution < -0.4 is 4.74 Å². The van der Waals surface area contributed by atoms with E-state index in [0.29, 0.717) is 17.3 Å². The summed E-state index contributed by atoms with van der Waals surface area (Å²) in [5, 5.41) is 12.9. The average molecular weight is 281 g/mol. The summed E-state index contributed by atoms with van der Waals surface area (Å²) < 4.78 is 6.28. The number of ether oxygens (including phenoxy) is 1. The van der Waals surface area contributed by atoms with E-state index < -0.39 is 5.97 Å². The van der Waals surface area contributed by atoms with Crippen LogP contribution >= 0.6 is 11.6 Å². The van der Waals surface area contributed by atoms with Crippen molar-refractivity contribution in [2.75, 3.05) is 7.11 Å². The van der Waals surface area contributed by atoms with Crippen LogP contribution in [0.2, 0.25) is 5.15 Å². The van der Waals surface area contributed by atoms with Crippen molar-refractivity contribution in [1.82, 2.24) is 19.7 Å². The fourth-order valence-corrected chi connectivity index (χ4v) is 1.53. The summed E-state index contributed by atoms with van der Waals surface area (Å²) in [6.45, 7) is 0. The maximum Gasteiger partial charge on any atom is 0.329 e. The van der Waals surface area contributed by atoms with E-state index in [1.807, 2.05) is 0 Å². The van der Waals surface area contributed by atoms with Gasteiger partial charge in [-0.2, -0.15) is 0 Å². The molecule has 0 unspecified atom stereocenters. The molecule has 0 aromatic carbocycles. The van der Waals surface area contributed by atoms with Crippen molar-refractivity contribution in [2.24, 2.45) is 0 Å². The molecule has 0 saturated heterocycles. The summed E-state index contributed by atoms with van der Waals surface area (Å²) in [5.41, 5.74) is 0.624. The van der Waals surface area contributed by atoms with Crippen LogP contribution in [-0.2, 0) is 4.79 Å². The third-order valence-corrected chi connectivity index (χ3v) is 2.31. The van der Waals surface area contributed by atoms with E-state index in [-0.39, 0.29) is 5.15 Å². The zero-order valence-electron chi connectivity index (χ0n) is 9.82. The monoisotopic (exact) mass is 280 g/mol. The van der Waals surface area contributed by atoms with Crippen LogP contribution in [0.1, 0.15) is 0 Å². The highest BCUT2D eigenvalue weighted by Crippen LogP contribution is 2.22. The molecule has 0 amide bonds. The van der Waals surface area contributed by atoms with E-state index in [1.165, 1.54) is 24.3 Å². The first-order chi connectivity index (χ1) is 9.08. The molecular formula is C11H9ClN4O3. The van der Waals surface area contributed by atoms with Crippen molar-refractivity contribution >= 4 is 23.8 Å². The number of aromatic nitrogens is 4. The predicted octanol–water partition coefficient (Wildman–Crippen LogP) is 1.56. The third-order valence-electron chi connectivity index (χ3n) is 2.12. The van der Waals surface area contributed by atoms with Gasteiger partial charge >= 0.3 is 5.97 Å². The van der Waals surface area contributed by atoms with Gasteiger partial charge in [-0.1, -0.05) is 11.6 Å². The minimum atomic E-state index is -1.06. The normalized spacial score (nSPS) is 10.8. The van der Waals surface area contributed by atoms with Crippen molar-refractivity contribution in [1.29, 1.82) is 0 Å². The zero-order chi connectivity index (χ0) is 13.8. The summed E-state index contributed by atoms with van der Waals surface area (Å²) in [6, 6.07) is 3.22. The van der Waals surface area contributed by atoms with E-state index in [0.717, 1.165) is 6.08 Å². The Morgan fingerprint density at radius 2 is 2.32 bits per heavy atom. The molecule has 2 rings (SSSR count). The molecule has 98 valence electrons. The minimum absolute atomic E-state index is 0.256. The molecule has 0 bridgehead atoms. The molecule has 0 atom stereocenters. The summed E-state index contributed by atoms with van der Waals surface area (Å²) in [6.07, 6.45) is 3.62. The van der Waals surface area contributed by atoms with Crippen LogP contribution in [0.15, 0.2) is 24.5 Å². The van der Waals surface area contributed by atoms with Crippen LogP contribution in [-0.4, -0.2) is 37.9 Å². The lowest BCUT2D eigenvalue weighted by Crippen LogP contribution is -1.93. The molecule has 0 aliphatic rings. The average Bonchev–Trinajstić information content (AvgIpc) is 2.84.